The summed E-state index contributed by atoms with van der Waals surface area (Å²) in [5, 5.41) is 3.42. The van der Waals surface area contributed by atoms with E-state index in [0.29, 0.717) is 16.4 Å². The van der Waals surface area contributed by atoms with Gasteiger partial charge in [0, 0.05) is 41.2 Å². The molecule has 0 atom stereocenters. The fourth-order valence-corrected chi connectivity index (χ4v) is 4.29. The van der Waals surface area contributed by atoms with Crippen LogP contribution in [-0.2, 0) is 17.8 Å². The van der Waals surface area contributed by atoms with E-state index in [-0.39, 0.29) is 18.4 Å². The minimum absolute atomic E-state index is 0.0590. The van der Waals surface area contributed by atoms with Gasteiger partial charge in [0.1, 0.15) is 6.54 Å². The largest absolute Gasteiger partial charge is 0.301 e. The van der Waals surface area contributed by atoms with Crippen LogP contribution >= 0.6 is 11.3 Å². The predicted molar refractivity (Wildman–Crippen MR) is 97.3 cm³/mol. The van der Waals surface area contributed by atoms with Gasteiger partial charge in [0.2, 0.25) is 5.91 Å². The maximum atomic E-state index is 12.5. The summed E-state index contributed by atoms with van der Waals surface area (Å²) in [4.78, 5) is 34.2. The van der Waals surface area contributed by atoms with Gasteiger partial charge in [0.25, 0.3) is 5.91 Å². The number of amides is 2. The number of carbonyl (C=O) groups excluding carboxylic acids is 2. The van der Waals surface area contributed by atoms with Gasteiger partial charge in [0.05, 0.1) is 5.69 Å². The van der Waals surface area contributed by atoms with Crippen molar-refractivity contribution in [1.29, 1.82) is 0 Å². The van der Waals surface area contributed by atoms with Gasteiger partial charge in [-0.05, 0) is 13.1 Å². The second-order valence-electron chi connectivity index (χ2n) is 6.31. The first-order valence-corrected chi connectivity index (χ1v) is 8.91. The van der Waals surface area contributed by atoms with Gasteiger partial charge in [-0.15, -0.1) is 11.3 Å². The third-order valence-electron chi connectivity index (χ3n) is 4.51. The summed E-state index contributed by atoms with van der Waals surface area (Å²) < 4.78 is 0. The monoisotopic (exact) mass is 354 g/mol. The van der Waals surface area contributed by atoms with Crippen LogP contribution in [0.2, 0.25) is 0 Å². The number of nitrogens with one attached hydrogen (secondary N) is 1. The molecule has 2 aliphatic heterocycles. The first-order chi connectivity index (χ1) is 12.0. The van der Waals surface area contributed by atoms with Crippen molar-refractivity contribution in [3.8, 4) is 0 Å². The molecule has 0 saturated carbocycles. The molecular weight excluding hydrogens is 336 g/mol. The third-order valence-corrected chi connectivity index (χ3v) is 5.51. The zero-order valence-electron chi connectivity index (χ0n) is 13.9. The summed E-state index contributed by atoms with van der Waals surface area (Å²) in [5.41, 5.74) is 3.00. The number of rotatable bonds is 3. The number of thiazole rings is 1. The zero-order valence-corrected chi connectivity index (χ0v) is 14.7. The Balaban J connectivity index is 1.45. The molecule has 0 radical (unpaired) electrons. The minimum atomic E-state index is -0.262. The molecule has 0 fully saturated rings. The molecule has 1 aromatic carbocycles. The Bertz CT molecular complexity index is 854. The number of hydrogen-bond donors (Lipinski definition) is 1. The Hall–Kier alpha value is -2.51. The number of nitrogens with zero attached hydrogens (tertiary/aromatic N) is 3. The van der Waals surface area contributed by atoms with E-state index < -0.39 is 0 Å². The molecule has 2 aliphatic rings. The van der Waals surface area contributed by atoms with Gasteiger partial charge < -0.3 is 10.2 Å². The number of aromatic nitrogens is 1. The number of carbonyl (C=O) groups is 2. The predicted octanol–water partition coefficient (Wildman–Crippen LogP) is 2.20. The summed E-state index contributed by atoms with van der Waals surface area (Å²) >= 11 is 1.50. The molecule has 1 aromatic heterocycles. The zero-order chi connectivity index (χ0) is 17.6. The molecular formula is C18H18N4O2S. The number of anilines is 1. The SMILES string of the molecule is C=C1c2ccccc2C(=O)N1CC(=O)Nc1nc2c(s1)CN(C)CC2. The molecule has 0 bridgehead atoms. The van der Waals surface area contributed by atoms with E-state index in [9.17, 15) is 9.59 Å². The van der Waals surface area contributed by atoms with E-state index in [1.807, 2.05) is 18.2 Å². The van der Waals surface area contributed by atoms with Crippen LogP contribution in [0.5, 0.6) is 0 Å². The van der Waals surface area contributed by atoms with Gasteiger partial charge in [-0.25, -0.2) is 4.98 Å². The lowest BCUT2D eigenvalue weighted by atomic mass is 10.1. The molecule has 128 valence electrons. The highest BCUT2D eigenvalue weighted by Gasteiger charge is 2.32. The lowest BCUT2D eigenvalue weighted by Crippen LogP contribution is -2.32. The Morgan fingerprint density at radius 3 is 2.88 bits per heavy atom. The Labute approximate surface area is 149 Å². The molecule has 2 amide bonds. The average Bonchev–Trinajstić information content (AvgIpc) is 3.09. The molecule has 0 aliphatic carbocycles. The van der Waals surface area contributed by atoms with Crippen LogP contribution in [0, 0.1) is 0 Å². The first kappa shape index (κ1) is 16.0. The number of hydrogen-bond acceptors (Lipinski definition) is 5. The van der Waals surface area contributed by atoms with Crippen LogP contribution in [0.25, 0.3) is 5.70 Å². The van der Waals surface area contributed by atoms with Crippen LogP contribution in [0.15, 0.2) is 30.8 Å². The third kappa shape index (κ3) is 2.85. The number of benzene rings is 1. The molecule has 4 rings (SSSR count). The van der Waals surface area contributed by atoms with Crippen molar-refractivity contribution in [2.75, 3.05) is 25.5 Å². The molecule has 1 N–H and O–H groups in total. The number of fused-ring (bicyclic) bond motifs is 2. The van der Waals surface area contributed by atoms with Crippen molar-refractivity contribution in [2.24, 2.45) is 0 Å². The van der Waals surface area contributed by atoms with E-state index in [1.54, 1.807) is 6.07 Å². The lowest BCUT2D eigenvalue weighted by Gasteiger charge is -2.20. The molecule has 0 spiro atoms. The van der Waals surface area contributed by atoms with Crippen molar-refractivity contribution >= 4 is 34.0 Å². The average molecular weight is 354 g/mol. The van der Waals surface area contributed by atoms with Crippen molar-refractivity contribution in [1.82, 2.24) is 14.8 Å². The Morgan fingerprint density at radius 1 is 1.36 bits per heavy atom. The second-order valence-corrected chi connectivity index (χ2v) is 7.39. The fourth-order valence-electron chi connectivity index (χ4n) is 3.18. The van der Waals surface area contributed by atoms with E-state index in [1.165, 1.54) is 21.1 Å². The summed E-state index contributed by atoms with van der Waals surface area (Å²) in [6, 6.07) is 7.27. The minimum Gasteiger partial charge on any atom is -0.301 e. The van der Waals surface area contributed by atoms with Crippen LogP contribution in [0.4, 0.5) is 5.13 Å². The smallest absolute Gasteiger partial charge is 0.259 e. The van der Waals surface area contributed by atoms with Crippen molar-refractivity contribution < 1.29 is 9.59 Å². The molecule has 6 nitrogen and oxygen atoms in total. The van der Waals surface area contributed by atoms with Crippen molar-refractivity contribution in [2.45, 2.75) is 13.0 Å². The summed E-state index contributed by atoms with van der Waals surface area (Å²) in [5.74, 6) is -0.447. The van der Waals surface area contributed by atoms with Crippen molar-refractivity contribution in [3.63, 3.8) is 0 Å². The van der Waals surface area contributed by atoms with Gasteiger partial charge >= 0.3 is 0 Å². The molecule has 2 aromatic rings. The first-order valence-electron chi connectivity index (χ1n) is 8.10. The Morgan fingerprint density at radius 2 is 2.12 bits per heavy atom. The standard InChI is InChI=1S/C18H18N4O2S/c1-11-12-5-3-4-6-13(12)17(24)22(11)10-16(23)20-18-19-14-7-8-21(2)9-15(14)25-18/h3-6H,1,7-10H2,2H3,(H,19,20,23). The number of likely N-dealkylation sites (N-methyl/N-ethyl adjacent to an activating group) is 1. The van der Waals surface area contributed by atoms with Crippen LogP contribution in [0.3, 0.4) is 0 Å². The quantitative estimate of drug-likeness (QED) is 0.918. The highest BCUT2D eigenvalue weighted by atomic mass is 32.1. The maximum Gasteiger partial charge on any atom is 0.259 e. The van der Waals surface area contributed by atoms with Crippen LogP contribution < -0.4 is 5.32 Å². The van der Waals surface area contributed by atoms with Crippen LogP contribution in [-0.4, -0.2) is 46.7 Å². The molecule has 7 heteroatoms. The van der Waals surface area contributed by atoms with Gasteiger partial charge in [-0.3, -0.25) is 14.5 Å². The fraction of sp³-hybridized carbons (Fsp3) is 0.278. The van der Waals surface area contributed by atoms with Gasteiger partial charge in [0.15, 0.2) is 5.13 Å². The van der Waals surface area contributed by atoms with Crippen molar-refractivity contribution in [3.05, 3.63) is 52.5 Å². The highest BCUT2D eigenvalue weighted by molar-refractivity contribution is 7.15. The topological polar surface area (TPSA) is 65.5 Å². The summed E-state index contributed by atoms with van der Waals surface area (Å²) in [7, 11) is 2.07. The second kappa shape index (κ2) is 6.09. The molecule has 3 heterocycles. The van der Waals surface area contributed by atoms with E-state index in [4.69, 9.17) is 0 Å². The van der Waals surface area contributed by atoms with Crippen LogP contribution in [0.1, 0.15) is 26.5 Å². The lowest BCUT2D eigenvalue weighted by molar-refractivity contribution is -0.116. The van der Waals surface area contributed by atoms with E-state index in [0.717, 1.165) is 30.8 Å². The maximum absolute atomic E-state index is 12.5. The summed E-state index contributed by atoms with van der Waals surface area (Å²) in [6.07, 6.45) is 0.898. The van der Waals surface area contributed by atoms with E-state index >= 15 is 0 Å². The van der Waals surface area contributed by atoms with Gasteiger partial charge in [-0.1, -0.05) is 24.8 Å². The normalized spacial score (nSPS) is 16.8. The molecule has 25 heavy (non-hydrogen) atoms. The highest BCUT2D eigenvalue weighted by Crippen LogP contribution is 2.31. The molecule has 0 unspecified atom stereocenters. The Kier molecular flexibility index (Phi) is 3.89. The van der Waals surface area contributed by atoms with E-state index in [2.05, 4.69) is 28.8 Å². The summed E-state index contributed by atoms with van der Waals surface area (Å²) in [6.45, 7) is 5.73. The molecule has 0 saturated heterocycles. The van der Waals surface area contributed by atoms with Gasteiger partial charge in [-0.2, -0.15) is 0 Å².